The van der Waals surface area contributed by atoms with E-state index < -0.39 is 17.8 Å². The number of hydrogen-bond acceptors (Lipinski definition) is 4. The van der Waals surface area contributed by atoms with Crippen molar-refractivity contribution in [1.29, 1.82) is 0 Å². The molecule has 2 aromatic rings. The summed E-state index contributed by atoms with van der Waals surface area (Å²) in [5, 5.41) is 11.5. The van der Waals surface area contributed by atoms with E-state index in [9.17, 15) is 14.4 Å². The van der Waals surface area contributed by atoms with Crippen LogP contribution in [0.4, 0.5) is 11.4 Å². The van der Waals surface area contributed by atoms with E-state index in [0.717, 1.165) is 16.0 Å². The molecule has 1 aliphatic heterocycles. The molecule has 0 spiro atoms. The topological polar surface area (TPSA) is 86.7 Å². The lowest BCUT2D eigenvalue weighted by atomic mass is 10.1. The Morgan fingerprint density at radius 3 is 2.31 bits per heavy atom. The predicted octanol–water partition coefficient (Wildman–Crippen LogP) is 3.44. The Balaban J connectivity index is 1.91. The number of aromatic carboxylic acids is 1. The number of nitrogens with one attached hydrogen (secondary N) is 1. The Kier molecular flexibility index (Phi) is 4.52. The second-order valence-electron chi connectivity index (χ2n) is 5.86. The monoisotopic (exact) mass is 370 g/mol. The molecule has 3 rings (SSSR count). The SMILES string of the molecule is Cc1cccc(N2C(=O)C(Cl)=C(Nc3ccc(C(=O)O)cc3)C2=O)c1C. The number of carboxylic acids is 1. The van der Waals surface area contributed by atoms with Crippen LogP contribution in [0.3, 0.4) is 0 Å². The molecule has 0 saturated heterocycles. The number of hydrogen-bond donors (Lipinski definition) is 2. The van der Waals surface area contributed by atoms with Crippen molar-refractivity contribution in [2.45, 2.75) is 13.8 Å². The van der Waals surface area contributed by atoms with E-state index in [2.05, 4.69) is 5.32 Å². The van der Waals surface area contributed by atoms with E-state index in [-0.39, 0.29) is 16.3 Å². The largest absolute Gasteiger partial charge is 0.478 e. The van der Waals surface area contributed by atoms with Crippen molar-refractivity contribution in [1.82, 2.24) is 0 Å². The highest BCUT2D eigenvalue weighted by molar-refractivity contribution is 6.53. The number of anilines is 2. The van der Waals surface area contributed by atoms with E-state index in [0.29, 0.717) is 11.4 Å². The second kappa shape index (κ2) is 6.65. The first-order valence-corrected chi connectivity index (χ1v) is 8.14. The van der Waals surface area contributed by atoms with Crippen LogP contribution in [0.5, 0.6) is 0 Å². The highest BCUT2D eigenvalue weighted by Crippen LogP contribution is 2.32. The third kappa shape index (κ3) is 2.95. The Morgan fingerprint density at radius 1 is 1.04 bits per heavy atom. The average molecular weight is 371 g/mol. The van der Waals surface area contributed by atoms with Crippen molar-refractivity contribution in [3.05, 3.63) is 69.9 Å². The Labute approximate surface area is 154 Å². The number of aryl methyl sites for hydroxylation is 1. The molecule has 26 heavy (non-hydrogen) atoms. The summed E-state index contributed by atoms with van der Waals surface area (Å²) in [5.74, 6) is -2.21. The predicted molar refractivity (Wildman–Crippen MR) is 98.3 cm³/mol. The Morgan fingerprint density at radius 2 is 1.69 bits per heavy atom. The number of imide groups is 1. The zero-order chi connectivity index (χ0) is 19.0. The van der Waals surface area contributed by atoms with Crippen LogP contribution in [-0.2, 0) is 9.59 Å². The minimum atomic E-state index is -1.05. The fourth-order valence-electron chi connectivity index (χ4n) is 2.65. The van der Waals surface area contributed by atoms with Crippen LogP contribution in [0.1, 0.15) is 21.5 Å². The quantitative estimate of drug-likeness (QED) is 0.805. The summed E-state index contributed by atoms with van der Waals surface area (Å²) in [6.45, 7) is 3.72. The van der Waals surface area contributed by atoms with Gasteiger partial charge in [-0.25, -0.2) is 9.69 Å². The standard InChI is InChI=1S/C19H15ClN2O4/c1-10-4-3-5-14(11(10)2)22-17(23)15(20)16(18(22)24)21-13-8-6-12(7-9-13)19(25)26/h3-9,21H,1-2H3,(H,25,26). The number of amides is 2. The number of rotatable bonds is 4. The highest BCUT2D eigenvalue weighted by Gasteiger charge is 2.39. The molecule has 0 aliphatic carbocycles. The average Bonchev–Trinajstić information content (AvgIpc) is 2.82. The first-order valence-electron chi connectivity index (χ1n) is 7.76. The number of carbonyl (C=O) groups is 3. The smallest absolute Gasteiger partial charge is 0.335 e. The summed E-state index contributed by atoms with van der Waals surface area (Å²) in [6, 6.07) is 11.1. The molecule has 2 aromatic carbocycles. The second-order valence-corrected chi connectivity index (χ2v) is 6.24. The number of halogens is 1. The number of nitrogens with zero attached hydrogens (tertiary/aromatic N) is 1. The first kappa shape index (κ1) is 17.7. The van der Waals surface area contributed by atoms with Gasteiger partial charge in [0.25, 0.3) is 11.8 Å². The minimum Gasteiger partial charge on any atom is -0.478 e. The van der Waals surface area contributed by atoms with Crippen LogP contribution in [0, 0.1) is 13.8 Å². The molecule has 1 aliphatic rings. The molecule has 7 heteroatoms. The fraction of sp³-hybridized carbons (Fsp3) is 0.105. The van der Waals surface area contributed by atoms with Crippen molar-refractivity contribution in [3.8, 4) is 0 Å². The molecule has 1 heterocycles. The van der Waals surface area contributed by atoms with Crippen molar-refractivity contribution in [3.63, 3.8) is 0 Å². The van der Waals surface area contributed by atoms with Crippen molar-refractivity contribution in [2.75, 3.05) is 10.2 Å². The van der Waals surface area contributed by atoms with Gasteiger partial charge in [0.1, 0.15) is 10.7 Å². The van der Waals surface area contributed by atoms with E-state index in [1.54, 1.807) is 12.1 Å². The molecule has 0 radical (unpaired) electrons. The van der Waals surface area contributed by atoms with Gasteiger partial charge in [-0.3, -0.25) is 9.59 Å². The van der Waals surface area contributed by atoms with Crippen LogP contribution in [0.15, 0.2) is 53.2 Å². The molecule has 2 amide bonds. The Hall–Kier alpha value is -3.12. The molecule has 2 N–H and O–H groups in total. The van der Waals surface area contributed by atoms with Gasteiger partial charge in [0.15, 0.2) is 0 Å². The molecule has 0 aromatic heterocycles. The zero-order valence-corrected chi connectivity index (χ0v) is 14.8. The lowest BCUT2D eigenvalue weighted by molar-refractivity contribution is -0.120. The fourth-order valence-corrected chi connectivity index (χ4v) is 2.86. The minimum absolute atomic E-state index is 0.0411. The number of carboxylic acid groups (broad SMARTS) is 1. The van der Waals surface area contributed by atoms with Gasteiger partial charge in [0, 0.05) is 5.69 Å². The van der Waals surface area contributed by atoms with Gasteiger partial charge in [-0.05, 0) is 55.3 Å². The summed E-state index contributed by atoms with van der Waals surface area (Å²) in [4.78, 5) is 37.2. The molecule has 0 bridgehead atoms. The number of benzene rings is 2. The Bertz CT molecular complexity index is 964. The lowest BCUT2D eigenvalue weighted by Gasteiger charge is -2.18. The lowest BCUT2D eigenvalue weighted by Crippen LogP contribution is -2.33. The molecule has 0 atom stereocenters. The van der Waals surface area contributed by atoms with Crippen LogP contribution in [0.2, 0.25) is 0 Å². The van der Waals surface area contributed by atoms with Gasteiger partial charge in [-0.15, -0.1) is 0 Å². The number of carbonyl (C=O) groups excluding carboxylic acids is 2. The normalized spacial score (nSPS) is 14.2. The zero-order valence-electron chi connectivity index (χ0n) is 14.0. The van der Waals surface area contributed by atoms with Gasteiger partial charge in [-0.1, -0.05) is 23.7 Å². The summed E-state index contributed by atoms with van der Waals surface area (Å²) in [5.41, 5.74) is 2.76. The summed E-state index contributed by atoms with van der Waals surface area (Å²) >= 11 is 6.10. The van der Waals surface area contributed by atoms with Crippen molar-refractivity contribution >= 4 is 40.8 Å². The maximum Gasteiger partial charge on any atom is 0.335 e. The molecular weight excluding hydrogens is 356 g/mol. The van der Waals surface area contributed by atoms with Gasteiger partial charge >= 0.3 is 5.97 Å². The molecule has 132 valence electrons. The molecular formula is C19H15ClN2O4. The van der Waals surface area contributed by atoms with Gasteiger partial charge < -0.3 is 10.4 Å². The van der Waals surface area contributed by atoms with Crippen LogP contribution in [0.25, 0.3) is 0 Å². The summed E-state index contributed by atoms with van der Waals surface area (Å²) < 4.78 is 0. The van der Waals surface area contributed by atoms with Crippen LogP contribution < -0.4 is 10.2 Å². The van der Waals surface area contributed by atoms with Gasteiger partial charge in [-0.2, -0.15) is 0 Å². The summed E-state index contributed by atoms with van der Waals surface area (Å²) in [6.07, 6.45) is 0. The maximum atomic E-state index is 12.8. The van der Waals surface area contributed by atoms with Crippen LogP contribution >= 0.6 is 11.6 Å². The first-order chi connectivity index (χ1) is 12.3. The highest BCUT2D eigenvalue weighted by atomic mass is 35.5. The molecule has 0 unspecified atom stereocenters. The molecule has 6 nitrogen and oxygen atoms in total. The molecule has 0 saturated carbocycles. The summed E-state index contributed by atoms with van der Waals surface area (Å²) in [7, 11) is 0. The molecule has 0 fully saturated rings. The maximum absolute atomic E-state index is 12.8. The van der Waals surface area contributed by atoms with E-state index in [4.69, 9.17) is 16.7 Å². The van der Waals surface area contributed by atoms with Crippen molar-refractivity contribution in [2.24, 2.45) is 0 Å². The van der Waals surface area contributed by atoms with E-state index in [1.807, 2.05) is 19.9 Å². The third-order valence-corrected chi connectivity index (χ3v) is 4.60. The van der Waals surface area contributed by atoms with Gasteiger partial charge in [0.2, 0.25) is 0 Å². The van der Waals surface area contributed by atoms with Crippen LogP contribution in [-0.4, -0.2) is 22.9 Å². The van der Waals surface area contributed by atoms with Gasteiger partial charge in [0.05, 0.1) is 11.3 Å². The van der Waals surface area contributed by atoms with Crippen molar-refractivity contribution < 1.29 is 19.5 Å². The van der Waals surface area contributed by atoms with E-state index in [1.165, 1.54) is 24.3 Å². The third-order valence-electron chi connectivity index (χ3n) is 4.25. The van der Waals surface area contributed by atoms with E-state index >= 15 is 0 Å².